The molecular formula is C39H61N3. The summed E-state index contributed by atoms with van der Waals surface area (Å²) in [6.45, 7) is 16.1. The molecule has 6 rings (SSSR count). The van der Waals surface area contributed by atoms with Crippen molar-refractivity contribution in [3.63, 3.8) is 0 Å². The highest BCUT2D eigenvalue weighted by molar-refractivity contribution is 5.35. The van der Waals surface area contributed by atoms with Crippen LogP contribution in [0.4, 0.5) is 0 Å². The fraction of sp³-hybridized carbons (Fsp3) is 0.692. The minimum Gasteiger partial charge on any atom is -0.328 e. The molecule has 0 amide bonds. The van der Waals surface area contributed by atoms with Crippen molar-refractivity contribution in [3.8, 4) is 0 Å². The van der Waals surface area contributed by atoms with Crippen LogP contribution in [0, 0.1) is 5.92 Å². The van der Waals surface area contributed by atoms with Crippen LogP contribution in [0.15, 0.2) is 48.5 Å². The van der Waals surface area contributed by atoms with E-state index in [4.69, 9.17) is 5.73 Å². The summed E-state index contributed by atoms with van der Waals surface area (Å²) in [4.78, 5) is 0. The smallest absolute Gasteiger partial charge is 0.0145 e. The maximum atomic E-state index is 5.98. The fourth-order valence-electron chi connectivity index (χ4n) is 7.28. The van der Waals surface area contributed by atoms with Gasteiger partial charge in [-0.25, -0.2) is 0 Å². The lowest BCUT2D eigenvalue weighted by Crippen LogP contribution is -2.38. The van der Waals surface area contributed by atoms with Crippen molar-refractivity contribution in [2.45, 2.75) is 166 Å². The molecule has 4 N–H and O–H groups in total. The van der Waals surface area contributed by atoms with Gasteiger partial charge in [-0.3, -0.25) is 0 Å². The van der Waals surface area contributed by atoms with E-state index in [-0.39, 0.29) is 10.8 Å². The number of hydrogen-bond donors (Lipinski definition) is 3. The van der Waals surface area contributed by atoms with Crippen molar-refractivity contribution in [1.82, 2.24) is 10.6 Å². The van der Waals surface area contributed by atoms with Crippen molar-refractivity contribution in [2.24, 2.45) is 11.7 Å². The van der Waals surface area contributed by atoms with Gasteiger partial charge in [0.05, 0.1) is 0 Å². The first kappa shape index (κ1) is 31.7. The van der Waals surface area contributed by atoms with E-state index in [0.717, 1.165) is 29.8 Å². The van der Waals surface area contributed by atoms with E-state index in [2.05, 4.69) is 108 Å². The standard InChI is InChI=1S/C20H31N.C19H30N2/c1-14-8-10-17(11-9-14)21-19-13-18(19)15-6-5-7-16(12-15)20(2,3)4;1-19(2,3)14-6-4-13(5-7-14)17-12-18(17)21-16-10-8-15(20)9-11-16/h5-7,12,14,17-19,21H,8-11,13H2,1-4H3;4-7,15-18,21H,8-12,20H2,1-3H3/t14?,17?,18-,19+;15?,16?,17-,18+/m00/s1. The summed E-state index contributed by atoms with van der Waals surface area (Å²) in [5.41, 5.74) is 12.4. The predicted octanol–water partition coefficient (Wildman–Crippen LogP) is 8.71. The number of rotatable bonds is 6. The topological polar surface area (TPSA) is 50.1 Å². The van der Waals surface area contributed by atoms with Gasteiger partial charge in [0.25, 0.3) is 0 Å². The second-order valence-electron chi connectivity index (χ2n) is 16.5. The van der Waals surface area contributed by atoms with Gasteiger partial charge in [-0.05, 0) is 103 Å². The number of nitrogens with one attached hydrogen (secondary N) is 2. The Bertz CT molecular complexity index is 1120. The first-order valence-corrected chi connectivity index (χ1v) is 17.4. The summed E-state index contributed by atoms with van der Waals surface area (Å²) < 4.78 is 0. The zero-order valence-electron chi connectivity index (χ0n) is 27.9. The van der Waals surface area contributed by atoms with Gasteiger partial charge in [0, 0.05) is 42.0 Å². The van der Waals surface area contributed by atoms with E-state index in [1.54, 1.807) is 5.56 Å². The van der Waals surface area contributed by atoms with Gasteiger partial charge in [0.2, 0.25) is 0 Å². The van der Waals surface area contributed by atoms with Crippen molar-refractivity contribution in [1.29, 1.82) is 0 Å². The molecule has 4 fully saturated rings. The molecule has 3 nitrogen and oxygen atoms in total. The molecule has 4 aliphatic carbocycles. The molecule has 0 aromatic heterocycles. The summed E-state index contributed by atoms with van der Waals surface area (Å²) in [7, 11) is 0. The average Bonchev–Trinajstić information content (AvgIpc) is 3.88. The highest BCUT2D eigenvalue weighted by Gasteiger charge is 2.41. The SMILES string of the molecule is CC(C)(C)c1ccc([C@@H]2C[C@H]2NC2CCC(N)CC2)cc1.CC1CCC(N[C@@H]2C[C@H]2c2cccc(C(C)(C)C)c2)CC1. The molecule has 0 bridgehead atoms. The second-order valence-corrected chi connectivity index (χ2v) is 16.5. The number of hydrogen-bond acceptors (Lipinski definition) is 3. The van der Waals surface area contributed by atoms with Crippen molar-refractivity contribution in [2.75, 3.05) is 0 Å². The van der Waals surface area contributed by atoms with Gasteiger partial charge in [0.1, 0.15) is 0 Å². The minimum atomic E-state index is 0.251. The lowest BCUT2D eigenvalue weighted by Gasteiger charge is -2.27. The second kappa shape index (κ2) is 13.1. The van der Waals surface area contributed by atoms with Gasteiger partial charge in [-0.2, -0.15) is 0 Å². The molecule has 0 radical (unpaired) electrons. The molecule has 2 aromatic carbocycles. The van der Waals surface area contributed by atoms with E-state index >= 15 is 0 Å². The molecule has 4 aliphatic rings. The molecule has 232 valence electrons. The van der Waals surface area contributed by atoms with Gasteiger partial charge < -0.3 is 16.4 Å². The van der Waals surface area contributed by atoms with Crippen molar-refractivity contribution >= 4 is 0 Å². The molecule has 2 aromatic rings. The predicted molar refractivity (Wildman–Crippen MR) is 180 cm³/mol. The van der Waals surface area contributed by atoms with Crippen LogP contribution in [0.1, 0.15) is 147 Å². The Kier molecular flexibility index (Phi) is 9.92. The molecule has 0 heterocycles. The first-order valence-electron chi connectivity index (χ1n) is 17.4. The van der Waals surface area contributed by atoms with Crippen LogP contribution in [-0.4, -0.2) is 30.2 Å². The monoisotopic (exact) mass is 571 g/mol. The maximum absolute atomic E-state index is 5.98. The largest absolute Gasteiger partial charge is 0.328 e. The lowest BCUT2D eigenvalue weighted by atomic mass is 9.85. The summed E-state index contributed by atoms with van der Waals surface area (Å²) in [6, 6.07) is 21.9. The molecule has 42 heavy (non-hydrogen) atoms. The molecular weight excluding hydrogens is 510 g/mol. The minimum absolute atomic E-state index is 0.251. The van der Waals surface area contributed by atoms with E-state index in [1.807, 2.05) is 0 Å². The highest BCUT2D eigenvalue weighted by Crippen LogP contribution is 2.44. The summed E-state index contributed by atoms with van der Waals surface area (Å²) in [6.07, 6.45) is 13.1. The molecule has 0 unspecified atom stereocenters. The van der Waals surface area contributed by atoms with E-state index in [9.17, 15) is 0 Å². The average molecular weight is 572 g/mol. The Morgan fingerprint density at radius 1 is 0.595 bits per heavy atom. The Hall–Kier alpha value is -1.68. The van der Waals surface area contributed by atoms with Crippen LogP contribution in [0.3, 0.4) is 0 Å². The Labute approximate surface area is 258 Å². The summed E-state index contributed by atoms with van der Waals surface area (Å²) >= 11 is 0. The Morgan fingerprint density at radius 2 is 1.10 bits per heavy atom. The molecule has 0 aliphatic heterocycles. The quantitative estimate of drug-likeness (QED) is 0.325. The van der Waals surface area contributed by atoms with E-state index < -0.39 is 0 Å². The van der Waals surface area contributed by atoms with Gasteiger partial charge in [-0.1, -0.05) is 97.0 Å². The van der Waals surface area contributed by atoms with Crippen molar-refractivity contribution in [3.05, 3.63) is 70.8 Å². The van der Waals surface area contributed by atoms with Crippen molar-refractivity contribution < 1.29 is 0 Å². The maximum Gasteiger partial charge on any atom is 0.0145 e. The number of nitrogens with two attached hydrogens (primary N) is 1. The van der Waals surface area contributed by atoms with Crippen LogP contribution in [0.25, 0.3) is 0 Å². The third kappa shape index (κ3) is 8.70. The van der Waals surface area contributed by atoms with E-state index in [1.165, 1.54) is 80.9 Å². The lowest BCUT2D eigenvalue weighted by molar-refractivity contribution is 0.305. The molecule has 0 spiro atoms. The fourth-order valence-corrected chi connectivity index (χ4v) is 7.28. The van der Waals surface area contributed by atoms with Gasteiger partial charge in [-0.15, -0.1) is 0 Å². The third-order valence-electron chi connectivity index (χ3n) is 10.7. The Balaban J connectivity index is 0.000000168. The normalized spacial score (nSPS) is 33.0. The zero-order valence-corrected chi connectivity index (χ0v) is 27.9. The van der Waals surface area contributed by atoms with Gasteiger partial charge in [0.15, 0.2) is 0 Å². The van der Waals surface area contributed by atoms with Crippen LogP contribution >= 0.6 is 0 Å². The first-order chi connectivity index (χ1) is 19.9. The summed E-state index contributed by atoms with van der Waals surface area (Å²) in [5.74, 6) is 2.43. The van der Waals surface area contributed by atoms with Gasteiger partial charge >= 0.3 is 0 Å². The molecule has 4 saturated carbocycles. The Morgan fingerprint density at radius 3 is 1.62 bits per heavy atom. The van der Waals surface area contributed by atoms with Crippen LogP contribution in [0.5, 0.6) is 0 Å². The van der Waals surface area contributed by atoms with E-state index in [0.29, 0.717) is 18.1 Å². The molecule has 0 saturated heterocycles. The highest BCUT2D eigenvalue weighted by atomic mass is 15.0. The zero-order chi connectivity index (χ0) is 30.1. The molecule has 3 heteroatoms. The number of benzene rings is 2. The van der Waals surface area contributed by atoms with Crippen LogP contribution in [0.2, 0.25) is 0 Å². The van der Waals surface area contributed by atoms with Crippen LogP contribution < -0.4 is 16.4 Å². The third-order valence-corrected chi connectivity index (χ3v) is 10.7. The summed E-state index contributed by atoms with van der Waals surface area (Å²) in [5, 5.41) is 7.77. The molecule has 4 atom stereocenters. The van der Waals surface area contributed by atoms with Crippen LogP contribution in [-0.2, 0) is 10.8 Å².